The summed E-state index contributed by atoms with van der Waals surface area (Å²) in [6.45, 7) is 5.36. The lowest BCUT2D eigenvalue weighted by Crippen LogP contribution is -3.07. The smallest absolute Gasteiger partial charge is 0.408 e. The zero-order valence-electron chi connectivity index (χ0n) is 10.4. The van der Waals surface area contributed by atoms with Crippen LogP contribution in [0, 0.1) is 0 Å². The molecule has 0 spiro atoms. The normalized spacial score (nSPS) is 13.4. The van der Waals surface area contributed by atoms with Crippen LogP contribution in [0.25, 0.3) is 0 Å². The third-order valence-electron chi connectivity index (χ3n) is 1.59. The van der Waals surface area contributed by atoms with Gasteiger partial charge in [-0.25, -0.2) is 4.79 Å². The number of ether oxygens (including phenoxy) is 1. The molecule has 1 atom stereocenters. The number of amides is 1. The standard InChI is InChI=1S/C10H20N2O4/c1-10(2,3)16-9(15)11-7(8(13)14)6-12(4)5/h7H,6H2,1-5H3,(H,11,15)(H,13,14)/t7-/m1/s1. The number of aliphatic carboxylic acids is 1. The molecule has 0 aromatic rings. The molecule has 1 amide bonds. The van der Waals surface area contributed by atoms with Crippen LogP contribution in [-0.2, 0) is 9.53 Å². The largest absolute Gasteiger partial charge is 0.548 e. The van der Waals surface area contributed by atoms with Gasteiger partial charge in [-0.3, -0.25) is 0 Å². The molecule has 2 N–H and O–H groups in total. The monoisotopic (exact) mass is 232 g/mol. The predicted octanol–water partition coefficient (Wildman–Crippen LogP) is -2.23. The van der Waals surface area contributed by atoms with Gasteiger partial charge < -0.3 is 24.9 Å². The van der Waals surface area contributed by atoms with Crippen molar-refractivity contribution >= 4 is 12.1 Å². The first kappa shape index (κ1) is 14.7. The number of alkyl carbamates (subject to hydrolysis) is 1. The Labute approximate surface area is 95.6 Å². The van der Waals surface area contributed by atoms with E-state index in [1.54, 1.807) is 34.9 Å². The molecule has 0 saturated heterocycles. The molecule has 6 heteroatoms. The van der Waals surface area contributed by atoms with Crippen molar-refractivity contribution < 1.29 is 24.3 Å². The zero-order valence-corrected chi connectivity index (χ0v) is 10.4. The topological polar surface area (TPSA) is 82.9 Å². The van der Waals surface area contributed by atoms with Crippen LogP contribution in [-0.4, -0.2) is 44.3 Å². The SMILES string of the molecule is C[NH+](C)C[C@@H](NC(=O)OC(C)(C)C)C(=O)[O-]. The molecule has 0 unspecified atom stereocenters. The van der Waals surface area contributed by atoms with Crippen molar-refractivity contribution in [2.45, 2.75) is 32.4 Å². The number of carbonyl (C=O) groups excluding carboxylic acids is 2. The summed E-state index contributed by atoms with van der Waals surface area (Å²) in [6, 6.07) is -1.04. The Morgan fingerprint density at radius 1 is 1.38 bits per heavy atom. The summed E-state index contributed by atoms with van der Waals surface area (Å²) in [6.07, 6.45) is -0.747. The van der Waals surface area contributed by atoms with Gasteiger partial charge in [-0.15, -0.1) is 0 Å². The van der Waals surface area contributed by atoms with Gasteiger partial charge >= 0.3 is 6.09 Å². The van der Waals surface area contributed by atoms with Gasteiger partial charge in [0.05, 0.1) is 20.1 Å². The van der Waals surface area contributed by atoms with Crippen molar-refractivity contribution in [1.29, 1.82) is 0 Å². The van der Waals surface area contributed by atoms with E-state index in [0.29, 0.717) is 0 Å². The molecule has 0 aliphatic rings. The molecule has 0 aliphatic carbocycles. The van der Waals surface area contributed by atoms with E-state index in [1.165, 1.54) is 0 Å². The van der Waals surface area contributed by atoms with Crippen LogP contribution in [0.1, 0.15) is 20.8 Å². The molecule has 0 fully saturated rings. The van der Waals surface area contributed by atoms with Crippen molar-refractivity contribution in [2.75, 3.05) is 20.6 Å². The third kappa shape index (κ3) is 7.05. The van der Waals surface area contributed by atoms with E-state index in [1.807, 2.05) is 0 Å². The van der Waals surface area contributed by atoms with Gasteiger partial charge in [0.1, 0.15) is 18.2 Å². The predicted molar refractivity (Wildman–Crippen MR) is 55.8 cm³/mol. The summed E-state index contributed by atoms with van der Waals surface area (Å²) in [7, 11) is 3.57. The fourth-order valence-electron chi connectivity index (χ4n) is 1.05. The van der Waals surface area contributed by atoms with E-state index >= 15 is 0 Å². The first-order valence-corrected chi connectivity index (χ1v) is 5.11. The van der Waals surface area contributed by atoms with Crippen molar-refractivity contribution in [3.05, 3.63) is 0 Å². The number of rotatable bonds is 4. The number of carboxylic acid groups (broad SMARTS) is 1. The number of hydrogen-bond acceptors (Lipinski definition) is 4. The molecule has 0 aliphatic heterocycles. The van der Waals surface area contributed by atoms with Gasteiger partial charge in [-0.1, -0.05) is 0 Å². The molecule has 16 heavy (non-hydrogen) atoms. The van der Waals surface area contributed by atoms with Gasteiger partial charge in [0.2, 0.25) is 0 Å². The number of nitrogens with one attached hydrogen (secondary N) is 2. The third-order valence-corrected chi connectivity index (χ3v) is 1.59. The lowest BCUT2D eigenvalue weighted by molar-refractivity contribution is -0.858. The zero-order chi connectivity index (χ0) is 12.9. The summed E-state index contributed by atoms with van der Waals surface area (Å²) in [5.41, 5.74) is -0.647. The molecule has 0 bridgehead atoms. The van der Waals surface area contributed by atoms with E-state index < -0.39 is 23.7 Å². The van der Waals surface area contributed by atoms with Crippen LogP contribution in [0.5, 0.6) is 0 Å². The van der Waals surface area contributed by atoms with Crippen molar-refractivity contribution in [3.8, 4) is 0 Å². The maximum atomic E-state index is 11.3. The highest BCUT2D eigenvalue weighted by Gasteiger charge is 2.21. The molecule has 6 nitrogen and oxygen atoms in total. The number of likely N-dealkylation sites (N-methyl/N-ethyl adjacent to an activating group) is 1. The number of carboxylic acids is 1. The van der Waals surface area contributed by atoms with Crippen LogP contribution in [0.3, 0.4) is 0 Å². The van der Waals surface area contributed by atoms with Crippen molar-refractivity contribution in [2.24, 2.45) is 0 Å². The minimum Gasteiger partial charge on any atom is -0.548 e. The summed E-state index contributed by atoms with van der Waals surface area (Å²) in [4.78, 5) is 23.0. The first-order valence-electron chi connectivity index (χ1n) is 5.11. The van der Waals surface area contributed by atoms with Gasteiger partial charge in [0.25, 0.3) is 0 Å². The van der Waals surface area contributed by atoms with Crippen molar-refractivity contribution in [3.63, 3.8) is 0 Å². The molecule has 0 rings (SSSR count). The average Bonchev–Trinajstić information content (AvgIpc) is 1.97. The molecular weight excluding hydrogens is 212 g/mol. The van der Waals surface area contributed by atoms with E-state index in [4.69, 9.17) is 4.74 Å². The van der Waals surface area contributed by atoms with E-state index in [-0.39, 0.29) is 6.54 Å². The van der Waals surface area contributed by atoms with E-state index in [0.717, 1.165) is 4.90 Å². The number of hydrogen-bond donors (Lipinski definition) is 2. The molecule has 0 heterocycles. The number of quaternary nitrogens is 1. The van der Waals surface area contributed by atoms with Crippen LogP contribution >= 0.6 is 0 Å². The highest BCUT2D eigenvalue weighted by atomic mass is 16.6. The molecule has 0 radical (unpaired) electrons. The Bertz CT molecular complexity index is 258. The first-order chi connectivity index (χ1) is 7.11. The van der Waals surface area contributed by atoms with Gasteiger partial charge in [0.15, 0.2) is 0 Å². The second-order valence-electron chi connectivity index (χ2n) is 4.93. The molecule has 0 aromatic carbocycles. The van der Waals surface area contributed by atoms with Gasteiger partial charge in [-0.2, -0.15) is 0 Å². The van der Waals surface area contributed by atoms with Crippen LogP contribution in [0.2, 0.25) is 0 Å². The Morgan fingerprint density at radius 2 is 1.88 bits per heavy atom. The molecule has 0 aromatic heterocycles. The second-order valence-corrected chi connectivity index (χ2v) is 4.93. The minimum absolute atomic E-state index is 0.238. The van der Waals surface area contributed by atoms with E-state index in [9.17, 15) is 14.7 Å². The van der Waals surface area contributed by atoms with E-state index in [2.05, 4.69) is 5.32 Å². The molecule has 0 saturated carbocycles. The maximum Gasteiger partial charge on any atom is 0.408 e. The lowest BCUT2D eigenvalue weighted by Gasteiger charge is -2.24. The second kappa shape index (κ2) is 5.69. The van der Waals surface area contributed by atoms with Gasteiger partial charge in [-0.05, 0) is 20.8 Å². The average molecular weight is 232 g/mol. The van der Waals surface area contributed by atoms with Crippen molar-refractivity contribution in [1.82, 2.24) is 5.32 Å². The minimum atomic E-state index is -1.31. The van der Waals surface area contributed by atoms with Crippen LogP contribution in [0.15, 0.2) is 0 Å². The van der Waals surface area contributed by atoms with Crippen LogP contribution < -0.4 is 15.3 Å². The number of carbonyl (C=O) groups is 2. The Hall–Kier alpha value is -1.30. The fraction of sp³-hybridized carbons (Fsp3) is 0.800. The summed E-state index contributed by atoms with van der Waals surface area (Å²) < 4.78 is 4.95. The Morgan fingerprint density at radius 3 is 2.19 bits per heavy atom. The maximum absolute atomic E-state index is 11.3. The molecular formula is C10H20N2O4. The highest BCUT2D eigenvalue weighted by Crippen LogP contribution is 2.06. The summed E-state index contributed by atoms with van der Waals surface area (Å²) in [5, 5.41) is 13.0. The highest BCUT2D eigenvalue weighted by molar-refractivity contribution is 5.78. The summed E-state index contributed by atoms with van der Waals surface area (Å²) >= 11 is 0. The quantitative estimate of drug-likeness (QED) is 0.575. The Kier molecular flexibility index (Phi) is 5.23. The lowest BCUT2D eigenvalue weighted by atomic mass is 10.2. The van der Waals surface area contributed by atoms with Crippen LogP contribution in [0.4, 0.5) is 4.79 Å². The van der Waals surface area contributed by atoms with Gasteiger partial charge in [0, 0.05) is 0 Å². The summed E-state index contributed by atoms with van der Waals surface area (Å²) in [5.74, 6) is -1.31. The fourth-order valence-corrected chi connectivity index (χ4v) is 1.05. The Balaban J connectivity index is 4.30. The molecule has 94 valence electrons.